The summed E-state index contributed by atoms with van der Waals surface area (Å²) in [4.78, 5) is 0. The van der Waals surface area contributed by atoms with Crippen LogP contribution in [0.15, 0.2) is 53.1 Å². The molecule has 3 rings (SSSR count). The van der Waals surface area contributed by atoms with Gasteiger partial charge in [0, 0.05) is 5.56 Å². The van der Waals surface area contributed by atoms with E-state index in [0.717, 1.165) is 6.07 Å². The number of benzene rings is 2. The Bertz CT molecular complexity index is 806. The highest BCUT2D eigenvalue weighted by molar-refractivity contribution is 5.87. The molecular formula is C16H11F3O3. The Morgan fingerprint density at radius 1 is 1.05 bits per heavy atom. The minimum atomic E-state index is -4.49. The van der Waals surface area contributed by atoms with Gasteiger partial charge in [-0.05, 0) is 24.3 Å². The number of alkyl halides is 3. The van der Waals surface area contributed by atoms with Gasteiger partial charge in [-0.2, -0.15) is 13.2 Å². The summed E-state index contributed by atoms with van der Waals surface area (Å²) in [6.07, 6.45) is -3.13. The van der Waals surface area contributed by atoms with Gasteiger partial charge in [0.15, 0.2) is 0 Å². The second kappa shape index (κ2) is 5.29. The van der Waals surface area contributed by atoms with Gasteiger partial charge >= 0.3 is 6.18 Å². The molecule has 3 aromatic rings. The van der Waals surface area contributed by atoms with Crippen molar-refractivity contribution < 1.29 is 27.4 Å². The highest BCUT2D eigenvalue weighted by Crippen LogP contribution is 2.37. The maximum atomic E-state index is 12.9. The molecule has 0 saturated carbocycles. The summed E-state index contributed by atoms with van der Waals surface area (Å²) >= 11 is 0. The molecule has 0 saturated heterocycles. The molecule has 0 aliphatic heterocycles. The van der Waals surface area contributed by atoms with Crippen LogP contribution in [-0.2, 0) is 12.8 Å². The minimum Gasteiger partial charge on any atom is -0.507 e. The fraction of sp³-hybridized carbons (Fsp3) is 0.125. The quantitative estimate of drug-likeness (QED) is 0.760. The number of phenolic OH excluding ortho intramolecular Hbond substituents is 1. The van der Waals surface area contributed by atoms with Crippen LogP contribution >= 0.6 is 0 Å². The Kier molecular flexibility index (Phi) is 3.44. The lowest BCUT2D eigenvalue weighted by Crippen LogP contribution is -2.08. The number of phenols is 1. The Hall–Kier alpha value is -2.63. The molecule has 0 spiro atoms. The molecule has 22 heavy (non-hydrogen) atoms. The SMILES string of the molecule is Oc1cccc2occ(COc3ccccc3C(F)(F)F)c12. The van der Waals surface area contributed by atoms with Crippen LogP contribution in [0.1, 0.15) is 11.1 Å². The molecule has 0 atom stereocenters. The third kappa shape index (κ3) is 2.59. The summed E-state index contributed by atoms with van der Waals surface area (Å²) in [6, 6.07) is 9.73. The molecule has 0 aliphatic rings. The van der Waals surface area contributed by atoms with Crippen molar-refractivity contribution in [3.05, 3.63) is 59.9 Å². The highest BCUT2D eigenvalue weighted by atomic mass is 19.4. The average molecular weight is 308 g/mol. The van der Waals surface area contributed by atoms with Crippen LogP contribution in [0.2, 0.25) is 0 Å². The van der Waals surface area contributed by atoms with E-state index in [0.29, 0.717) is 16.5 Å². The van der Waals surface area contributed by atoms with Crippen LogP contribution in [0.25, 0.3) is 11.0 Å². The van der Waals surface area contributed by atoms with Crippen molar-refractivity contribution in [1.29, 1.82) is 0 Å². The summed E-state index contributed by atoms with van der Waals surface area (Å²) in [5, 5.41) is 10.3. The summed E-state index contributed by atoms with van der Waals surface area (Å²) in [5.41, 5.74) is 0.0832. The maximum absolute atomic E-state index is 12.9. The molecule has 1 aromatic heterocycles. The second-order valence-corrected chi connectivity index (χ2v) is 4.69. The maximum Gasteiger partial charge on any atom is 0.419 e. The van der Waals surface area contributed by atoms with Crippen LogP contribution in [0.5, 0.6) is 11.5 Å². The van der Waals surface area contributed by atoms with E-state index >= 15 is 0 Å². The second-order valence-electron chi connectivity index (χ2n) is 4.69. The van der Waals surface area contributed by atoms with Crippen LogP contribution in [0.4, 0.5) is 13.2 Å². The van der Waals surface area contributed by atoms with Gasteiger partial charge in [0.25, 0.3) is 0 Å². The van der Waals surface area contributed by atoms with Gasteiger partial charge in [0.2, 0.25) is 0 Å². The third-order valence-electron chi connectivity index (χ3n) is 3.23. The molecule has 0 fully saturated rings. The van der Waals surface area contributed by atoms with Crippen LogP contribution in [0, 0.1) is 0 Å². The van der Waals surface area contributed by atoms with E-state index in [1.807, 2.05) is 0 Å². The zero-order chi connectivity index (χ0) is 15.7. The van der Waals surface area contributed by atoms with Crippen molar-refractivity contribution >= 4 is 11.0 Å². The van der Waals surface area contributed by atoms with E-state index in [-0.39, 0.29) is 18.1 Å². The van der Waals surface area contributed by atoms with Crippen molar-refractivity contribution in [1.82, 2.24) is 0 Å². The molecule has 2 aromatic carbocycles. The summed E-state index contributed by atoms with van der Waals surface area (Å²) in [7, 11) is 0. The lowest BCUT2D eigenvalue weighted by atomic mass is 10.1. The molecule has 6 heteroatoms. The molecule has 0 radical (unpaired) electrons. The number of para-hydroxylation sites is 1. The van der Waals surface area contributed by atoms with Crippen LogP contribution in [-0.4, -0.2) is 5.11 Å². The zero-order valence-electron chi connectivity index (χ0n) is 11.2. The van der Waals surface area contributed by atoms with Crippen LogP contribution < -0.4 is 4.74 Å². The average Bonchev–Trinajstić information content (AvgIpc) is 2.89. The largest absolute Gasteiger partial charge is 0.507 e. The summed E-state index contributed by atoms with van der Waals surface area (Å²) in [6.45, 7) is -0.141. The number of hydrogen-bond donors (Lipinski definition) is 1. The smallest absolute Gasteiger partial charge is 0.419 e. The van der Waals surface area contributed by atoms with Gasteiger partial charge in [0.1, 0.15) is 23.7 Å². The fourth-order valence-electron chi connectivity index (χ4n) is 2.22. The molecule has 3 nitrogen and oxygen atoms in total. The third-order valence-corrected chi connectivity index (χ3v) is 3.23. The molecule has 0 bridgehead atoms. The van der Waals surface area contributed by atoms with Gasteiger partial charge in [-0.25, -0.2) is 0 Å². The van der Waals surface area contributed by atoms with E-state index < -0.39 is 11.7 Å². The predicted molar refractivity (Wildman–Crippen MR) is 73.7 cm³/mol. The van der Waals surface area contributed by atoms with E-state index in [9.17, 15) is 18.3 Å². The van der Waals surface area contributed by atoms with Gasteiger partial charge in [0.05, 0.1) is 17.2 Å². The van der Waals surface area contributed by atoms with Crippen LogP contribution in [0.3, 0.4) is 0 Å². The van der Waals surface area contributed by atoms with Gasteiger partial charge < -0.3 is 14.3 Å². The Balaban J connectivity index is 1.90. The van der Waals surface area contributed by atoms with Crippen molar-refractivity contribution in [3.8, 4) is 11.5 Å². The van der Waals surface area contributed by atoms with E-state index in [1.54, 1.807) is 12.1 Å². The first-order valence-electron chi connectivity index (χ1n) is 6.44. The van der Waals surface area contributed by atoms with Gasteiger partial charge in [-0.1, -0.05) is 18.2 Å². The molecular weight excluding hydrogens is 297 g/mol. The minimum absolute atomic E-state index is 0.00560. The number of fused-ring (bicyclic) bond motifs is 1. The zero-order valence-corrected chi connectivity index (χ0v) is 11.2. The molecule has 1 heterocycles. The van der Waals surface area contributed by atoms with E-state index in [1.165, 1.54) is 30.5 Å². The van der Waals surface area contributed by atoms with E-state index in [4.69, 9.17) is 9.15 Å². The summed E-state index contributed by atoms with van der Waals surface area (Å²) < 4.78 is 49.2. The number of halogens is 3. The predicted octanol–water partition coefficient (Wildman–Crippen LogP) is 4.74. The fourth-order valence-corrected chi connectivity index (χ4v) is 2.22. The van der Waals surface area contributed by atoms with Gasteiger partial charge in [-0.15, -0.1) is 0 Å². The Morgan fingerprint density at radius 2 is 1.82 bits per heavy atom. The molecule has 1 N–H and O–H groups in total. The van der Waals surface area contributed by atoms with Crippen molar-refractivity contribution in [2.24, 2.45) is 0 Å². The molecule has 0 amide bonds. The molecule has 114 valence electrons. The van der Waals surface area contributed by atoms with Crippen molar-refractivity contribution in [2.75, 3.05) is 0 Å². The monoisotopic (exact) mass is 308 g/mol. The first-order chi connectivity index (χ1) is 10.5. The van der Waals surface area contributed by atoms with E-state index in [2.05, 4.69) is 0 Å². The summed E-state index contributed by atoms with van der Waals surface area (Å²) in [5.74, 6) is -0.270. The van der Waals surface area contributed by atoms with Crippen molar-refractivity contribution in [3.63, 3.8) is 0 Å². The normalized spacial score (nSPS) is 11.8. The number of rotatable bonds is 3. The first-order valence-corrected chi connectivity index (χ1v) is 6.44. The Labute approximate surface area is 123 Å². The number of ether oxygens (including phenoxy) is 1. The lowest BCUT2D eigenvalue weighted by molar-refractivity contribution is -0.139. The number of hydrogen-bond acceptors (Lipinski definition) is 3. The number of furan rings is 1. The standard InChI is InChI=1S/C16H11F3O3/c17-16(18,19)11-4-1-2-6-13(11)21-8-10-9-22-14-7-3-5-12(20)15(10)14/h1-7,9,20H,8H2. The molecule has 0 aliphatic carbocycles. The first kappa shape index (κ1) is 14.3. The molecule has 0 unspecified atom stereocenters. The lowest BCUT2D eigenvalue weighted by Gasteiger charge is -2.13. The topological polar surface area (TPSA) is 42.6 Å². The van der Waals surface area contributed by atoms with Gasteiger partial charge in [-0.3, -0.25) is 0 Å². The highest BCUT2D eigenvalue weighted by Gasteiger charge is 2.34. The Morgan fingerprint density at radius 3 is 2.59 bits per heavy atom. The van der Waals surface area contributed by atoms with Crippen molar-refractivity contribution in [2.45, 2.75) is 12.8 Å². The number of aromatic hydroxyl groups is 1.